The molecule has 0 bridgehead atoms. The van der Waals surface area contributed by atoms with Gasteiger partial charge >= 0.3 is 0 Å². The number of nitrogen functional groups attached to an aromatic ring is 1. The summed E-state index contributed by atoms with van der Waals surface area (Å²) in [5.41, 5.74) is 7.86. The second kappa shape index (κ2) is 11.7. The van der Waals surface area contributed by atoms with Crippen molar-refractivity contribution >= 4 is 36.4 Å². The number of amides is 1. The van der Waals surface area contributed by atoms with E-state index in [4.69, 9.17) is 10.5 Å². The number of halogens is 2. The molecule has 0 spiro atoms. The van der Waals surface area contributed by atoms with E-state index in [-0.39, 0.29) is 30.7 Å². The van der Waals surface area contributed by atoms with Crippen LogP contribution < -0.4 is 5.73 Å². The first-order valence-corrected chi connectivity index (χ1v) is 9.17. The Hall–Kier alpha value is -1.01. The van der Waals surface area contributed by atoms with Crippen LogP contribution in [0.4, 0.5) is 5.69 Å². The maximum Gasteiger partial charge on any atom is 0.223 e. The minimum atomic E-state index is 0. The summed E-state index contributed by atoms with van der Waals surface area (Å²) in [4.78, 5) is 17.3. The van der Waals surface area contributed by atoms with E-state index in [1.54, 1.807) is 0 Å². The van der Waals surface area contributed by atoms with Gasteiger partial charge in [0.2, 0.25) is 5.91 Å². The molecule has 0 aliphatic carbocycles. The van der Waals surface area contributed by atoms with Crippen LogP contribution in [0.25, 0.3) is 0 Å². The summed E-state index contributed by atoms with van der Waals surface area (Å²) >= 11 is 0. The van der Waals surface area contributed by atoms with Crippen molar-refractivity contribution in [2.45, 2.75) is 38.1 Å². The Labute approximate surface area is 169 Å². The van der Waals surface area contributed by atoms with E-state index < -0.39 is 0 Å². The number of hydrogen-bond donors (Lipinski definition) is 1. The lowest BCUT2D eigenvalue weighted by Gasteiger charge is -2.39. The number of carbonyl (C=O) groups is 1. The standard InChI is InChI=1S/C19H29N3O2.2ClH/c20-18-7-2-1-5-16(18)8-9-19(23)22-10-4-3-6-17(22)15-21-11-13-24-14-12-21;;/h1-2,5,7,17H,3-4,6,8-15,20H2;2*1H. The third-order valence-corrected chi connectivity index (χ3v) is 5.18. The van der Waals surface area contributed by atoms with Gasteiger partial charge < -0.3 is 15.4 Å². The highest BCUT2D eigenvalue weighted by Crippen LogP contribution is 2.21. The quantitative estimate of drug-likeness (QED) is 0.767. The summed E-state index contributed by atoms with van der Waals surface area (Å²) in [5.74, 6) is 0.274. The number of nitrogens with two attached hydrogens (primary N) is 1. The molecule has 2 aliphatic rings. The molecule has 1 atom stereocenters. The SMILES string of the molecule is Cl.Cl.Nc1ccccc1CCC(=O)N1CCCCC1CN1CCOCC1. The number of morpholine rings is 1. The molecule has 2 N–H and O–H groups in total. The molecule has 1 unspecified atom stereocenters. The average molecular weight is 404 g/mol. The molecule has 0 radical (unpaired) electrons. The van der Waals surface area contributed by atoms with E-state index in [1.807, 2.05) is 24.3 Å². The van der Waals surface area contributed by atoms with Crippen molar-refractivity contribution in [3.8, 4) is 0 Å². The van der Waals surface area contributed by atoms with Gasteiger partial charge in [-0.3, -0.25) is 9.69 Å². The Kier molecular flexibility index (Phi) is 10.3. The zero-order chi connectivity index (χ0) is 16.8. The number of nitrogens with zero attached hydrogens (tertiary/aromatic N) is 2. The van der Waals surface area contributed by atoms with Gasteiger partial charge in [-0.15, -0.1) is 24.8 Å². The van der Waals surface area contributed by atoms with E-state index >= 15 is 0 Å². The molecule has 2 saturated heterocycles. The van der Waals surface area contributed by atoms with Gasteiger partial charge in [-0.2, -0.15) is 0 Å². The molecule has 5 nitrogen and oxygen atoms in total. The number of rotatable bonds is 5. The van der Waals surface area contributed by atoms with Gasteiger partial charge in [0, 0.05) is 44.3 Å². The topological polar surface area (TPSA) is 58.8 Å². The number of likely N-dealkylation sites (tertiary alicyclic amines) is 1. The van der Waals surface area contributed by atoms with Crippen LogP contribution >= 0.6 is 24.8 Å². The summed E-state index contributed by atoms with van der Waals surface area (Å²) in [7, 11) is 0. The van der Waals surface area contributed by atoms with Crippen LogP contribution in [0.5, 0.6) is 0 Å². The third kappa shape index (κ3) is 6.31. The fraction of sp³-hybridized carbons (Fsp3) is 0.632. The van der Waals surface area contributed by atoms with Crippen LogP contribution in [0.1, 0.15) is 31.2 Å². The molecule has 2 aliphatic heterocycles. The van der Waals surface area contributed by atoms with Crippen molar-refractivity contribution in [1.29, 1.82) is 0 Å². The highest BCUT2D eigenvalue weighted by atomic mass is 35.5. The fourth-order valence-corrected chi connectivity index (χ4v) is 3.75. The molecule has 1 amide bonds. The molecule has 26 heavy (non-hydrogen) atoms. The van der Waals surface area contributed by atoms with E-state index in [1.165, 1.54) is 6.42 Å². The van der Waals surface area contributed by atoms with Crippen LogP contribution in [-0.4, -0.2) is 61.1 Å². The van der Waals surface area contributed by atoms with E-state index in [0.29, 0.717) is 12.5 Å². The summed E-state index contributed by atoms with van der Waals surface area (Å²) in [6.45, 7) is 5.49. The molecule has 7 heteroatoms. The predicted octanol–water partition coefficient (Wildman–Crippen LogP) is 2.76. The number of piperidine rings is 1. The molecule has 148 valence electrons. The van der Waals surface area contributed by atoms with Gasteiger partial charge in [0.05, 0.1) is 13.2 Å². The smallest absolute Gasteiger partial charge is 0.223 e. The van der Waals surface area contributed by atoms with Crippen LogP contribution in [0.2, 0.25) is 0 Å². The molecular weight excluding hydrogens is 373 g/mol. The van der Waals surface area contributed by atoms with Crippen LogP contribution in [-0.2, 0) is 16.0 Å². The van der Waals surface area contributed by atoms with E-state index in [2.05, 4.69) is 9.80 Å². The molecule has 0 saturated carbocycles. The number of hydrogen-bond acceptors (Lipinski definition) is 4. The minimum absolute atomic E-state index is 0. The van der Waals surface area contributed by atoms with Crippen molar-refractivity contribution in [3.05, 3.63) is 29.8 Å². The highest BCUT2D eigenvalue weighted by Gasteiger charge is 2.28. The summed E-state index contributed by atoms with van der Waals surface area (Å²) < 4.78 is 5.43. The van der Waals surface area contributed by atoms with Crippen molar-refractivity contribution < 1.29 is 9.53 Å². The summed E-state index contributed by atoms with van der Waals surface area (Å²) in [6.07, 6.45) is 4.75. The Morgan fingerprint density at radius 2 is 1.85 bits per heavy atom. The Morgan fingerprint density at radius 3 is 2.58 bits per heavy atom. The van der Waals surface area contributed by atoms with Crippen molar-refractivity contribution in [3.63, 3.8) is 0 Å². The van der Waals surface area contributed by atoms with Gasteiger partial charge in [0.15, 0.2) is 0 Å². The van der Waals surface area contributed by atoms with Crippen molar-refractivity contribution in [1.82, 2.24) is 9.80 Å². The van der Waals surface area contributed by atoms with Crippen LogP contribution in [0.3, 0.4) is 0 Å². The normalized spacial score (nSPS) is 20.8. The van der Waals surface area contributed by atoms with Gasteiger partial charge in [-0.1, -0.05) is 18.2 Å². The zero-order valence-corrected chi connectivity index (χ0v) is 16.9. The number of carbonyl (C=O) groups excluding carboxylic acids is 1. The molecular formula is C19H31Cl2N3O2. The number of para-hydroxylation sites is 1. The first-order valence-electron chi connectivity index (χ1n) is 9.17. The number of aryl methyl sites for hydroxylation is 1. The Morgan fingerprint density at radius 1 is 1.12 bits per heavy atom. The molecule has 2 fully saturated rings. The van der Waals surface area contributed by atoms with Gasteiger partial charge in [0.1, 0.15) is 0 Å². The lowest BCUT2D eigenvalue weighted by Crippen LogP contribution is -2.51. The number of benzene rings is 1. The third-order valence-electron chi connectivity index (χ3n) is 5.18. The average Bonchev–Trinajstić information content (AvgIpc) is 2.62. The van der Waals surface area contributed by atoms with Crippen LogP contribution in [0, 0.1) is 0 Å². The lowest BCUT2D eigenvalue weighted by molar-refractivity contribution is -0.135. The first-order chi connectivity index (χ1) is 11.7. The molecule has 1 aromatic carbocycles. The van der Waals surface area contributed by atoms with Gasteiger partial charge in [-0.25, -0.2) is 0 Å². The number of ether oxygens (including phenoxy) is 1. The second-order valence-corrected chi connectivity index (χ2v) is 6.85. The predicted molar refractivity (Wildman–Crippen MR) is 110 cm³/mol. The monoisotopic (exact) mass is 403 g/mol. The lowest BCUT2D eigenvalue weighted by atomic mass is 9.99. The van der Waals surface area contributed by atoms with Gasteiger partial charge in [-0.05, 0) is 37.3 Å². The Balaban J connectivity index is 0.00000169. The number of anilines is 1. The molecule has 2 heterocycles. The van der Waals surface area contributed by atoms with Crippen molar-refractivity contribution in [2.75, 3.05) is 45.1 Å². The Bertz CT molecular complexity index is 553. The molecule has 1 aromatic rings. The summed E-state index contributed by atoms with van der Waals surface area (Å²) in [5, 5.41) is 0. The maximum absolute atomic E-state index is 12.8. The first kappa shape index (κ1) is 23.0. The maximum atomic E-state index is 12.8. The zero-order valence-electron chi connectivity index (χ0n) is 15.3. The second-order valence-electron chi connectivity index (χ2n) is 6.85. The molecule has 0 aromatic heterocycles. The highest BCUT2D eigenvalue weighted by molar-refractivity contribution is 5.85. The minimum Gasteiger partial charge on any atom is -0.399 e. The van der Waals surface area contributed by atoms with Crippen LogP contribution in [0.15, 0.2) is 24.3 Å². The van der Waals surface area contributed by atoms with Crippen molar-refractivity contribution in [2.24, 2.45) is 0 Å². The molecule has 3 rings (SSSR count). The summed E-state index contributed by atoms with van der Waals surface area (Å²) in [6, 6.07) is 8.20. The fourth-order valence-electron chi connectivity index (χ4n) is 3.75. The van der Waals surface area contributed by atoms with E-state index in [0.717, 1.165) is 69.9 Å². The van der Waals surface area contributed by atoms with E-state index in [9.17, 15) is 4.79 Å². The van der Waals surface area contributed by atoms with Gasteiger partial charge in [0.25, 0.3) is 0 Å². The largest absolute Gasteiger partial charge is 0.399 e.